The number of nitrogens with one attached hydrogen (secondary N) is 2. The van der Waals surface area contributed by atoms with Crippen molar-refractivity contribution in [3.8, 4) is 0 Å². The minimum absolute atomic E-state index is 0.140. The van der Waals surface area contributed by atoms with E-state index in [0.717, 1.165) is 16.7 Å². The standard InChI is InChI=1S/C28H24N4O4S/c33-25-23(16-17-29-25)36-32-24(26(34)35)22-18-37-27(30-22)31-28(19-10-4-1-5-11-19,20-12-6-2-7-13-20)21-14-8-3-9-15-21/h1-15,18,23H,16-17H2,(H,29,33)(H,30,31)(H,34,35)/b32-24-/t23-/m1/s1. The topological polar surface area (TPSA) is 113 Å². The number of carboxylic acids is 1. The molecule has 5 rings (SSSR count). The van der Waals surface area contributed by atoms with Gasteiger partial charge in [-0.1, -0.05) is 96.2 Å². The van der Waals surface area contributed by atoms with E-state index in [4.69, 9.17) is 4.84 Å². The number of hydrogen-bond donors (Lipinski definition) is 3. The second kappa shape index (κ2) is 10.6. The summed E-state index contributed by atoms with van der Waals surface area (Å²) in [5.74, 6) is -1.61. The van der Waals surface area contributed by atoms with Crippen molar-refractivity contribution < 1.29 is 19.5 Å². The Hall–Kier alpha value is -4.50. The first kappa shape index (κ1) is 24.2. The van der Waals surface area contributed by atoms with Crippen LogP contribution >= 0.6 is 11.3 Å². The van der Waals surface area contributed by atoms with Crippen LogP contribution in [-0.4, -0.2) is 40.3 Å². The normalized spacial score (nSPS) is 15.7. The Labute approximate surface area is 217 Å². The number of nitrogens with zero attached hydrogens (tertiary/aromatic N) is 2. The number of hydrogen-bond acceptors (Lipinski definition) is 7. The Kier molecular flexibility index (Phi) is 6.96. The highest BCUT2D eigenvalue weighted by atomic mass is 32.1. The molecule has 0 radical (unpaired) electrons. The van der Waals surface area contributed by atoms with Gasteiger partial charge in [0, 0.05) is 18.3 Å². The Morgan fingerprint density at radius 2 is 1.51 bits per heavy atom. The molecule has 3 N–H and O–H groups in total. The molecule has 3 aromatic carbocycles. The van der Waals surface area contributed by atoms with Crippen molar-refractivity contribution in [3.63, 3.8) is 0 Å². The van der Waals surface area contributed by atoms with E-state index >= 15 is 0 Å². The number of amides is 1. The molecule has 0 saturated carbocycles. The highest BCUT2D eigenvalue weighted by Crippen LogP contribution is 2.40. The zero-order valence-electron chi connectivity index (χ0n) is 19.7. The second-order valence-electron chi connectivity index (χ2n) is 8.43. The maximum Gasteiger partial charge on any atom is 0.360 e. The molecule has 0 aliphatic carbocycles. The number of rotatable bonds is 9. The summed E-state index contributed by atoms with van der Waals surface area (Å²) in [5, 5.41) is 21.9. The first-order valence-electron chi connectivity index (χ1n) is 11.7. The molecule has 9 heteroatoms. The molecule has 1 fully saturated rings. The smallest absolute Gasteiger partial charge is 0.360 e. The molecular weight excluding hydrogens is 488 g/mol. The minimum Gasteiger partial charge on any atom is -0.476 e. The summed E-state index contributed by atoms with van der Waals surface area (Å²) in [6, 6.07) is 30.1. The molecule has 0 unspecified atom stereocenters. The molecule has 1 aliphatic heterocycles. The summed E-state index contributed by atoms with van der Waals surface area (Å²) in [5.41, 5.74) is 1.94. The third kappa shape index (κ3) is 4.94. The quantitative estimate of drug-likeness (QED) is 0.176. The third-order valence-electron chi connectivity index (χ3n) is 6.13. The van der Waals surface area contributed by atoms with Crippen LogP contribution in [0.1, 0.15) is 28.8 Å². The highest BCUT2D eigenvalue weighted by Gasteiger charge is 2.37. The van der Waals surface area contributed by atoms with E-state index < -0.39 is 17.6 Å². The second-order valence-corrected chi connectivity index (χ2v) is 9.29. The molecule has 1 aliphatic rings. The average molecular weight is 513 g/mol. The van der Waals surface area contributed by atoms with Gasteiger partial charge in [0.15, 0.2) is 5.13 Å². The zero-order valence-corrected chi connectivity index (χ0v) is 20.5. The van der Waals surface area contributed by atoms with Crippen molar-refractivity contribution in [2.24, 2.45) is 5.16 Å². The van der Waals surface area contributed by atoms with Gasteiger partial charge in [-0.05, 0) is 16.7 Å². The van der Waals surface area contributed by atoms with E-state index in [-0.39, 0.29) is 17.3 Å². The predicted octanol–water partition coefficient (Wildman–Crippen LogP) is 4.24. The SMILES string of the molecule is O=C(O)/C(=N\O[C@@H]1CCNC1=O)c1csc(NC(c2ccccc2)(c2ccccc2)c2ccccc2)n1. The molecule has 4 aromatic rings. The van der Waals surface area contributed by atoms with Crippen LogP contribution in [0.3, 0.4) is 0 Å². The summed E-state index contributed by atoms with van der Waals surface area (Å²) >= 11 is 1.26. The lowest BCUT2D eigenvalue weighted by Gasteiger charge is -2.36. The van der Waals surface area contributed by atoms with Gasteiger partial charge in [-0.3, -0.25) is 4.79 Å². The molecule has 1 atom stereocenters. The van der Waals surface area contributed by atoms with Crippen LogP contribution in [0.25, 0.3) is 0 Å². The van der Waals surface area contributed by atoms with E-state index in [1.807, 2.05) is 91.0 Å². The Balaban J connectivity index is 1.57. The number of carboxylic acid groups (broad SMARTS) is 1. The van der Waals surface area contributed by atoms with Crippen molar-refractivity contribution in [1.29, 1.82) is 0 Å². The fraction of sp³-hybridized carbons (Fsp3) is 0.143. The Bertz CT molecular complexity index is 1310. The molecule has 1 aromatic heterocycles. The van der Waals surface area contributed by atoms with Crippen LogP contribution in [0.5, 0.6) is 0 Å². The van der Waals surface area contributed by atoms with Crippen LogP contribution in [0.2, 0.25) is 0 Å². The van der Waals surface area contributed by atoms with Gasteiger partial charge in [-0.15, -0.1) is 11.3 Å². The monoisotopic (exact) mass is 512 g/mol. The number of thiazole rings is 1. The molecule has 186 valence electrons. The van der Waals surface area contributed by atoms with Crippen LogP contribution in [0.4, 0.5) is 5.13 Å². The Morgan fingerprint density at radius 1 is 0.973 bits per heavy atom. The van der Waals surface area contributed by atoms with E-state index in [0.29, 0.717) is 18.1 Å². The van der Waals surface area contributed by atoms with Gasteiger partial charge >= 0.3 is 5.97 Å². The average Bonchev–Trinajstić information content (AvgIpc) is 3.57. The lowest BCUT2D eigenvalue weighted by atomic mass is 9.77. The van der Waals surface area contributed by atoms with E-state index in [1.165, 1.54) is 11.3 Å². The van der Waals surface area contributed by atoms with Gasteiger partial charge in [0.1, 0.15) is 11.2 Å². The van der Waals surface area contributed by atoms with Crippen molar-refractivity contribution in [2.75, 3.05) is 11.9 Å². The van der Waals surface area contributed by atoms with Crippen molar-refractivity contribution in [2.45, 2.75) is 18.1 Å². The maximum absolute atomic E-state index is 12.0. The van der Waals surface area contributed by atoms with Crippen LogP contribution < -0.4 is 10.6 Å². The highest BCUT2D eigenvalue weighted by molar-refractivity contribution is 7.14. The molecule has 8 nitrogen and oxygen atoms in total. The van der Waals surface area contributed by atoms with Crippen LogP contribution in [0, 0.1) is 0 Å². The third-order valence-corrected chi connectivity index (χ3v) is 6.89. The van der Waals surface area contributed by atoms with Gasteiger partial charge < -0.3 is 20.6 Å². The molecule has 0 spiro atoms. The fourth-order valence-electron chi connectivity index (χ4n) is 4.36. The number of anilines is 1. The van der Waals surface area contributed by atoms with E-state index in [2.05, 4.69) is 20.8 Å². The molecular formula is C28H24N4O4S. The van der Waals surface area contributed by atoms with Crippen molar-refractivity contribution >= 4 is 34.1 Å². The molecule has 1 amide bonds. The zero-order chi connectivity index (χ0) is 25.7. The Morgan fingerprint density at radius 3 is 1.97 bits per heavy atom. The summed E-state index contributed by atoms with van der Waals surface area (Å²) in [6.45, 7) is 0.465. The van der Waals surface area contributed by atoms with E-state index in [1.54, 1.807) is 5.38 Å². The molecule has 1 saturated heterocycles. The van der Waals surface area contributed by atoms with Gasteiger partial charge in [0.25, 0.3) is 5.91 Å². The summed E-state index contributed by atoms with van der Waals surface area (Å²) in [6.07, 6.45) is -0.389. The fourth-order valence-corrected chi connectivity index (χ4v) is 5.12. The van der Waals surface area contributed by atoms with Gasteiger partial charge in [0.05, 0.1) is 0 Å². The number of oxime groups is 1. The van der Waals surface area contributed by atoms with E-state index in [9.17, 15) is 14.7 Å². The molecule has 37 heavy (non-hydrogen) atoms. The van der Waals surface area contributed by atoms with Gasteiger partial charge in [-0.25, -0.2) is 9.78 Å². The maximum atomic E-state index is 12.0. The van der Waals surface area contributed by atoms with Crippen molar-refractivity contribution in [1.82, 2.24) is 10.3 Å². The number of aliphatic carboxylic acids is 1. The molecule has 0 bridgehead atoms. The number of benzene rings is 3. The largest absolute Gasteiger partial charge is 0.476 e. The number of carbonyl (C=O) groups is 2. The van der Waals surface area contributed by atoms with Crippen LogP contribution in [0.15, 0.2) is 102 Å². The number of aromatic nitrogens is 1. The number of carbonyl (C=O) groups excluding carboxylic acids is 1. The summed E-state index contributed by atoms with van der Waals surface area (Å²) in [7, 11) is 0. The first-order valence-corrected chi connectivity index (χ1v) is 12.6. The summed E-state index contributed by atoms with van der Waals surface area (Å²) in [4.78, 5) is 33.6. The van der Waals surface area contributed by atoms with Crippen LogP contribution in [-0.2, 0) is 20.0 Å². The predicted molar refractivity (Wildman–Crippen MR) is 142 cm³/mol. The lowest BCUT2D eigenvalue weighted by molar-refractivity contribution is -0.131. The lowest BCUT2D eigenvalue weighted by Crippen LogP contribution is -2.38. The van der Waals surface area contributed by atoms with Gasteiger partial charge in [-0.2, -0.15) is 0 Å². The van der Waals surface area contributed by atoms with Crippen molar-refractivity contribution in [3.05, 3.63) is 119 Å². The minimum atomic E-state index is -1.30. The first-order chi connectivity index (χ1) is 18.1. The molecule has 2 heterocycles. The van der Waals surface area contributed by atoms with Gasteiger partial charge in [0.2, 0.25) is 11.8 Å². The summed E-state index contributed by atoms with van der Waals surface area (Å²) < 4.78 is 0.